The first-order chi connectivity index (χ1) is 17.6. The highest BCUT2D eigenvalue weighted by Gasteiger charge is 2.38. The van der Waals surface area contributed by atoms with Crippen molar-refractivity contribution in [3.8, 4) is 17.2 Å². The lowest BCUT2D eigenvalue weighted by Crippen LogP contribution is -2.31. The van der Waals surface area contributed by atoms with Crippen LogP contribution in [0.5, 0.6) is 17.2 Å². The van der Waals surface area contributed by atoms with Gasteiger partial charge in [-0.15, -0.1) is 6.58 Å². The number of aliphatic hydroxyl groups excluding tert-OH is 1. The molecule has 2 aromatic rings. The molecule has 212 valence electrons. The third-order valence-electron chi connectivity index (χ3n) is 4.88. The number of halogens is 3. The minimum Gasteiger partial charge on any atom is -0.506 e. The van der Waals surface area contributed by atoms with Crippen LogP contribution in [0.2, 0.25) is 0 Å². The van der Waals surface area contributed by atoms with Crippen molar-refractivity contribution in [1.29, 1.82) is 0 Å². The van der Waals surface area contributed by atoms with Crippen LogP contribution in [0.3, 0.4) is 0 Å². The number of carboxylic acid groups (broad SMARTS) is 1. The van der Waals surface area contributed by atoms with E-state index in [1.807, 2.05) is 18.2 Å². The number of aliphatic carboxylic acids is 1. The fourth-order valence-electron chi connectivity index (χ4n) is 3.19. The van der Waals surface area contributed by atoms with Gasteiger partial charge in [0.1, 0.15) is 5.75 Å². The van der Waals surface area contributed by atoms with E-state index in [-0.39, 0.29) is 23.9 Å². The van der Waals surface area contributed by atoms with Crippen LogP contribution in [0.25, 0.3) is 0 Å². The van der Waals surface area contributed by atoms with Crippen molar-refractivity contribution in [2.45, 2.75) is 31.2 Å². The Morgan fingerprint density at radius 1 is 1.13 bits per heavy atom. The topological polar surface area (TPSA) is 154 Å². The minimum atomic E-state index is -5.08. The van der Waals surface area contributed by atoms with Crippen LogP contribution >= 0.6 is 0 Å². The Balaban J connectivity index is 0.000000905. The highest BCUT2D eigenvalue weighted by Crippen LogP contribution is 2.31. The van der Waals surface area contributed by atoms with Crippen molar-refractivity contribution in [3.05, 3.63) is 60.2 Å². The van der Waals surface area contributed by atoms with E-state index in [4.69, 9.17) is 19.4 Å². The number of hydrogen-bond acceptors (Lipinski definition) is 8. The fraction of sp³-hybridized carbons (Fsp3) is 0.375. The van der Waals surface area contributed by atoms with Crippen LogP contribution in [0, 0.1) is 0 Å². The molecule has 0 radical (unpaired) electrons. The summed E-state index contributed by atoms with van der Waals surface area (Å²) in [4.78, 5) is 8.90. The maximum Gasteiger partial charge on any atom is 0.490 e. The molecule has 0 heterocycles. The van der Waals surface area contributed by atoms with Gasteiger partial charge < -0.3 is 30.1 Å². The van der Waals surface area contributed by atoms with E-state index < -0.39 is 28.3 Å². The number of ether oxygens (including phenoxy) is 2. The quantitative estimate of drug-likeness (QED) is 0.193. The average molecular weight is 565 g/mol. The van der Waals surface area contributed by atoms with E-state index in [0.29, 0.717) is 30.0 Å². The molecule has 0 aliphatic carbocycles. The second-order valence-corrected chi connectivity index (χ2v) is 9.73. The molecule has 10 nitrogen and oxygen atoms in total. The van der Waals surface area contributed by atoms with E-state index in [9.17, 15) is 31.8 Å². The first-order valence-corrected chi connectivity index (χ1v) is 12.8. The molecule has 0 aromatic heterocycles. The molecule has 2 rings (SSSR count). The lowest BCUT2D eigenvalue weighted by atomic mass is 10.0. The zero-order valence-electron chi connectivity index (χ0n) is 20.9. The van der Waals surface area contributed by atoms with Gasteiger partial charge in [0.05, 0.1) is 32.3 Å². The predicted octanol–water partition coefficient (Wildman–Crippen LogP) is 3.22. The molecule has 2 aromatic carbocycles. The van der Waals surface area contributed by atoms with Gasteiger partial charge in [-0.25, -0.2) is 13.2 Å². The van der Waals surface area contributed by atoms with Gasteiger partial charge in [-0.1, -0.05) is 18.2 Å². The lowest BCUT2D eigenvalue weighted by Gasteiger charge is -2.21. The van der Waals surface area contributed by atoms with Crippen LogP contribution in [0.4, 0.5) is 18.9 Å². The average Bonchev–Trinajstić information content (AvgIpc) is 2.82. The number of carbonyl (C=O) groups is 1. The van der Waals surface area contributed by atoms with E-state index in [1.165, 1.54) is 12.1 Å². The molecule has 0 saturated heterocycles. The molecular formula is C24H31F3N2O8S. The molecular weight excluding hydrogens is 533 g/mol. The number of anilines is 1. The van der Waals surface area contributed by atoms with Crippen LogP contribution in [0.15, 0.2) is 49.1 Å². The number of nitrogens with one attached hydrogen (secondary N) is 2. The standard InChI is InChI=1S/C22H30N2O6S.C2HF3O2/c1-5-6-18(16-8-10-21(29-2)22(13-16)30-3)23-14-17(25)11-15-7-9-20(26)19(12-15)24-31(4,27)28;3-2(4,5)1(6)7/h5,7-10,12-13,17-18,23-26H,1,6,11,14H2,2-4H3;(H,6,7)/t17-,18?;/m0./s1. The summed E-state index contributed by atoms with van der Waals surface area (Å²) in [6, 6.07) is 10.1. The summed E-state index contributed by atoms with van der Waals surface area (Å²) in [5.41, 5.74) is 1.73. The molecule has 1 unspecified atom stereocenters. The van der Waals surface area contributed by atoms with Crippen LogP contribution in [0.1, 0.15) is 23.6 Å². The number of phenols is 1. The Bertz CT molecular complexity index is 1190. The summed E-state index contributed by atoms with van der Waals surface area (Å²) in [5.74, 6) is -1.69. The number of aliphatic hydroxyl groups is 1. The van der Waals surface area contributed by atoms with E-state index in [0.717, 1.165) is 11.8 Å². The summed E-state index contributed by atoms with van der Waals surface area (Å²) < 4.78 is 67.5. The predicted molar refractivity (Wildman–Crippen MR) is 135 cm³/mol. The SMILES string of the molecule is C=CCC(NC[C@@H](O)Cc1ccc(O)c(NS(C)(=O)=O)c1)c1ccc(OC)c(OC)c1.O=C(O)C(F)(F)F. The van der Waals surface area contributed by atoms with Gasteiger partial charge >= 0.3 is 12.1 Å². The van der Waals surface area contributed by atoms with Crippen LogP contribution < -0.4 is 19.5 Å². The second-order valence-electron chi connectivity index (χ2n) is 7.99. The summed E-state index contributed by atoms with van der Waals surface area (Å²) in [7, 11) is -0.375. The first-order valence-electron chi connectivity index (χ1n) is 10.9. The van der Waals surface area contributed by atoms with E-state index in [2.05, 4.69) is 16.6 Å². The summed E-state index contributed by atoms with van der Waals surface area (Å²) >= 11 is 0. The molecule has 0 saturated carbocycles. The molecule has 0 spiro atoms. The van der Waals surface area contributed by atoms with Crippen molar-refractivity contribution in [3.63, 3.8) is 0 Å². The van der Waals surface area contributed by atoms with Gasteiger partial charge in [-0.3, -0.25) is 4.72 Å². The number of sulfonamides is 1. The molecule has 2 atom stereocenters. The highest BCUT2D eigenvalue weighted by molar-refractivity contribution is 7.92. The summed E-state index contributed by atoms with van der Waals surface area (Å²) in [5, 5.41) is 30.8. The number of hydrogen-bond donors (Lipinski definition) is 5. The second kappa shape index (κ2) is 14.4. The normalized spacial score (nSPS) is 12.9. The summed E-state index contributed by atoms with van der Waals surface area (Å²) in [6.07, 6.45) is -2.10. The molecule has 0 fully saturated rings. The zero-order chi connectivity index (χ0) is 29.1. The third-order valence-corrected chi connectivity index (χ3v) is 5.47. The molecule has 0 amide bonds. The monoisotopic (exact) mass is 564 g/mol. The van der Waals surface area contributed by atoms with Crippen molar-refractivity contribution in [2.75, 3.05) is 31.7 Å². The number of carboxylic acids is 1. The van der Waals surface area contributed by atoms with Gasteiger partial charge in [0.25, 0.3) is 0 Å². The number of benzene rings is 2. The molecule has 0 bridgehead atoms. The smallest absolute Gasteiger partial charge is 0.490 e. The number of phenolic OH excluding ortho intramolecular Hbond substituents is 1. The maximum atomic E-state index is 11.4. The van der Waals surface area contributed by atoms with Crippen molar-refractivity contribution >= 4 is 21.7 Å². The Morgan fingerprint density at radius 2 is 1.74 bits per heavy atom. The number of alkyl halides is 3. The number of rotatable bonds is 12. The molecule has 38 heavy (non-hydrogen) atoms. The minimum absolute atomic E-state index is 0.0787. The van der Waals surface area contributed by atoms with Gasteiger partial charge in [-0.05, 0) is 48.2 Å². The van der Waals surface area contributed by atoms with E-state index in [1.54, 1.807) is 26.4 Å². The number of aromatic hydroxyl groups is 1. The zero-order valence-corrected chi connectivity index (χ0v) is 21.8. The van der Waals surface area contributed by atoms with Crippen LogP contribution in [-0.4, -0.2) is 69.0 Å². The number of methoxy groups -OCH3 is 2. The third kappa shape index (κ3) is 11.3. The van der Waals surface area contributed by atoms with Crippen molar-refractivity contribution in [1.82, 2.24) is 5.32 Å². The van der Waals surface area contributed by atoms with Gasteiger partial charge in [-0.2, -0.15) is 13.2 Å². The van der Waals surface area contributed by atoms with Gasteiger partial charge in [0.2, 0.25) is 10.0 Å². The largest absolute Gasteiger partial charge is 0.506 e. The van der Waals surface area contributed by atoms with Crippen molar-refractivity contribution < 1.29 is 51.2 Å². The Kier molecular flexibility index (Phi) is 12.4. The molecule has 5 N–H and O–H groups in total. The van der Waals surface area contributed by atoms with Gasteiger partial charge in [0.15, 0.2) is 11.5 Å². The van der Waals surface area contributed by atoms with Crippen molar-refractivity contribution in [2.24, 2.45) is 0 Å². The van der Waals surface area contributed by atoms with E-state index >= 15 is 0 Å². The fourth-order valence-corrected chi connectivity index (χ4v) is 3.75. The Labute approximate surface area is 218 Å². The Morgan fingerprint density at radius 3 is 2.24 bits per heavy atom. The Hall–Kier alpha value is -3.49. The first kappa shape index (κ1) is 32.5. The molecule has 14 heteroatoms. The molecule has 0 aliphatic rings. The molecule has 0 aliphatic heterocycles. The highest BCUT2D eigenvalue weighted by atomic mass is 32.2. The maximum absolute atomic E-state index is 11.4. The van der Waals surface area contributed by atoms with Gasteiger partial charge in [0, 0.05) is 12.6 Å². The lowest BCUT2D eigenvalue weighted by molar-refractivity contribution is -0.192. The summed E-state index contributed by atoms with van der Waals surface area (Å²) in [6.45, 7) is 4.10. The van der Waals surface area contributed by atoms with Crippen LogP contribution in [-0.2, 0) is 21.2 Å².